The molecule has 3 aromatic rings. The van der Waals surface area contributed by atoms with E-state index in [9.17, 15) is 4.79 Å². The second-order valence-electron chi connectivity index (χ2n) is 8.65. The first-order valence-corrected chi connectivity index (χ1v) is 11.4. The number of anilines is 1. The zero-order chi connectivity index (χ0) is 24.0. The maximum Gasteiger partial charge on any atom is 0.248 e. The van der Waals surface area contributed by atoms with Crippen LogP contribution in [0.1, 0.15) is 33.4 Å². The van der Waals surface area contributed by atoms with Crippen molar-refractivity contribution in [3.63, 3.8) is 0 Å². The van der Waals surface area contributed by atoms with Crippen molar-refractivity contribution in [2.24, 2.45) is 7.05 Å². The van der Waals surface area contributed by atoms with E-state index >= 15 is 0 Å². The summed E-state index contributed by atoms with van der Waals surface area (Å²) >= 11 is 0. The van der Waals surface area contributed by atoms with E-state index in [1.165, 1.54) is 0 Å². The summed E-state index contributed by atoms with van der Waals surface area (Å²) < 4.78 is 13.5. The van der Waals surface area contributed by atoms with Crippen LogP contribution in [0.3, 0.4) is 0 Å². The first-order chi connectivity index (χ1) is 15.8. The standard InChI is InChI=1S/C27H35N3O3/c1-19(2)30(20(3)4)15-16-33-26-18-22(11-13-25(26)32-6)28-27(31)14-12-23-17-21-9-7-8-10-24(21)29(23)5/h7-14,17-20H,15-16H2,1-6H3,(H,28,31). The molecule has 2 aromatic carbocycles. The molecular weight excluding hydrogens is 414 g/mol. The van der Waals surface area contributed by atoms with E-state index < -0.39 is 0 Å². The molecule has 0 atom stereocenters. The summed E-state index contributed by atoms with van der Waals surface area (Å²) in [5.74, 6) is 1.04. The number of nitrogens with zero attached hydrogens (tertiary/aromatic N) is 2. The molecule has 0 spiro atoms. The molecule has 176 valence electrons. The molecule has 6 nitrogen and oxygen atoms in total. The lowest BCUT2D eigenvalue weighted by atomic mass is 10.2. The molecule has 1 heterocycles. The van der Waals surface area contributed by atoms with Gasteiger partial charge in [-0.2, -0.15) is 0 Å². The molecular formula is C27H35N3O3. The number of methoxy groups -OCH3 is 1. The zero-order valence-corrected chi connectivity index (χ0v) is 20.5. The quantitative estimate of drug-likeness (QED) is 0.425. The minimum Gasteiger partial charge on any atom is -0.493 e. The van der Waals surface area contributed by atoms with Gasteiger partial charge in [-0.3, -0.25) is 9.69 Å². The molecule has 6 heteroatoms. The maximum absolute atomic E-state index is 12.5. The average molecular weight is 450 g/mol. The Kier molecular flexibility index (Phi) is 8.17. The first-order valence-electron chi connectivity index (χ1n) is 11.4. The number of hydrogen-bond donors (Lipinski definition) is 1. The van der Waals surface area contributed by atoms with E-state index in [0.717, 1.165) is 23.1 Å². The SMILES string of the molecule is COc1ccc(NC(=O)C=Cc2cc3ccccc3n2C)cc1OCCN(C(C)C)C(C)C. The lowest BCUT2D eigenvalue weighted by molar-refractivity contribution is -0.111. The predicted octanol–water partition coefficient (Wildman–Crippen LogP) is 5.34. The number of benzene rings is 2. The van der Waals surface area contributed by atoms with Crippen molar-refractivity contribution in [3.8, 4) is 11.5 Å². The van der Waals surface area contributed by atoms with Gasteiger partial charge in [-0.1, -0.05) is 18.2 Å². The van der Waals surface area contributed by atoms with E-state index in [1.807, 2.05) is 31.3 Å². The van der Waals surface area contributed by atoms with Crippen LogP contribution in [0.4, 0.5) is 5.69 Å². The molecule has 0 unspecified atom stereocenters. The van der Waals surface area contributed by atoms with E-state index in [-0.39, 0.29) is 5.91 Å². The largest absolute Gasteiger partial charge is 0.493 e. The third kappa shape index (κ3) is 6.17. The van der Waals surface area contributed by atoms with E-state index in [4.69, 9.17) is 9.47 Å². The van der Waals surface area contributed by atoms with Crippen LogP contribution >= 0.6 is 0 Å². The molecule has 0 saturated carbocycles. The number of ether oxygens (including phenoxy) is 2. The Morgan fingerprint density at radius 3 is 2.45 bits per heavy atom. The highest BCUT2D eigenvalue weighted by atomic mass is 16.5. The van der Waals surface area contributed by atoms with Gasteiger partial charge in [-0.25, -0.2) is 0 Å². The number of carbonyl (C=O) groups is 1. The molecule has 1 N–H and O–H groups in total. The number of aromatic nitrogens is 1. The first kappa shape index (κ1) is 24.4. The summed E-state index contributed by atoms with van der Waals surface area (Å²) in [5.41, 5.74) is 2.75. The van der Waals surface area contributed by atoms with Gasteiger partial charge in [0.2, 0.25) is 5.91 Å². The van der Waals surface area contributed by atoms with E-state index in [0.29, 0.717) is 35.9 Å². The monoisotopic (exact) mass is 449 g/mol. The van der Waals surface area contributed by atoms with Crippen LogP contribution in [0.15, 0.2) is 54.6 Å². The Hall–Kier alpha value is -3.25. The Bertz CT molecular complexity index is 1110. The zero-order valence-electron chi connectivity index (χ0n) is 20.5. The van der Waals surface area contributed by atoms with Crippen molar-refractivity contribution >= 4 is 28.6 Å². The van der Waals surface area contributed by atoms with Gasteiger partial charge in [-0.15, -0.1) is 0 Å². The van der Waals surface area contributed by atoms with Crippen LogP contribution in [-0.4, -0.2) is 47.7 Å². The lowest BCUT2D eigenvalue weighted by Gasteiger charge is -2.30. The maximum atomic E-state index is 12.5. The predicted molar refractivity (Wildman–Crippen MR) is 136 cm³/mol. The number of aryl methyl sites for hydroxylation is 1. The molecule has 0 bridgehead atoms. The van der Waals surface area contributed by atoms with Crippen molar-refractivity contribution in [2.45, 2.75) is 39.8 Å². The molecule has 1 amide bonds. The molecule has 0 fully saturated rings. The Morgan fingerprint density at radius 1 is 1.06 bits per heavy atom. The highest BCUT2D eigenvalue weighted by molar-refractivity contribution is 6.02. The molecule has 0 aliphatic heterocycles. The van der Waals surface area contributed by atoms with Crippen LogP contribution in [-0.2, 0) is 11.8 Å². The minimum absolute atomic E-state index is 0.206. The fourth-order valence-corrected chi connectivity index (χ4v) is 4.06. The third-order valence-electron chi connectivity index (χ3n) is 5.76. The van der Waals surface area contributed by atoms with Crippen LogP contribution in [0.25, 0.3) is 17.0 Å². The topological polar surface area (TPSA) is 55.7 Å². The number of hydrogen-bond acceptors (Lipinski definition) is 4. The smallest absolute Gasteiger partial charge is 0.248 e. The van der Waals surface area contributed by atoms with Crippen molar-refractivity contribution < 1.29 is 14.3 Å². The fraction of sp³-hybridized carbons (Fsp3) is 0.370. The normalized spacial score (nSPS) is 11.8. The van der Waals surface area contributed by atoms with E-state index in [1.54, 1.807) is 25.3 Å². The lowest BCUT2D eigenvalue weighted by Crippen LogP contribution is -2.39. The fourth-order valence-electron chi connectivity index (χ4n) is 4.06. The summed E-state index contributed by atoms with van der Waals surface area (Å²) in [6.45, 7) is 10.1. The van der Waals surface area contributed by atoms with Crippen LogP contribution in [0.5, 0.6) is 11.5 Å². The molecule has 0 radical (unpaired) electrons. The summed E-state index contributed by atoms with van der Waals surface area (Å²) in [6, 6.07) is 16.5. The Morgan fingerprint density at radius 2 is 1.79 bits per heavy atom. The summed E-state index contributed by atoms with van der Waals surface area (Å²) in [7, 11) is 3.61. The number of amides is 1. The molecule has 0 saturated heterocycles. The van der Waals surface area contributed by atoms with Gasteiger partial charge in [0, 0.05) is 60.1 Å². The van der Waals surface area contributed by atoms with Gasteiger partial charge in [0.05, 0.1) is 7.11 Å². The highest BCUT2D eigenvalue weighted by Gasteiger charge is 2.14. The summed E-state index contributed by atoms with van der Waals surface area (Å²) in [5, 5.41) is 4.06. The van der Waals surface area contributed by atoms with Gasteiger partial charge in [-0.05, 0) is 58.0 Å². The highest BCUT2D eigenvalue weighted by Crippen LogP contribution is 2.30. The second-order valence-corrected chi connectivity index (χ2v) is 8.65. The van der Waals surface area contributed by atoms with Gasteiger partial charge < -0.3 is 19.4 Å². The Balaban J connectivity index is 1.66. The van der Waals surface area contributed by atoms with Crippen molar-refractivity contribution in [1.82, 2.24) is 9.47 Å². The molecule has 0 aliphatic carbocycles. The van der Waals surface area contributed by atoms with Crippen molar-refractivity contribution in [3.05, 3.63) is 60.3 Å². The van der Waals surface area contributed by atoms with Crippen molar-refractivity contribution in [1.29, 1.82) is 0 Å². The summed E-state index contributed by atoms with van der Waals surface area (Å²) in [6.07, 6.45) is 3.37. The number of para-hydroxylation sites is 1. The number of nitrogens with one attached hydrogen (secondary N) is 1. The average Bonchev–Trinajstić information content (AvgIpc) is 3.10. The number of carbonyl (C=O) groups excluding carboxylic acids is 1. The minimum atomic E-state index is -0.206. The molecule has 3 rings (SSSR count). The number of fused-ring (bicyclic) bond motifs is 1. The summed E-state index contributed by atoms with van der Waals surface area (Å²) in [4.78, 5) is 14.9. The third-order valence-corrected chi connectivity index (χ3v) is 5.76. The van der Waals surface area contributed by atoms with Gasteiger partial charge in [0.1, 0.15) is 6.61 Å². The van der Waals surface area contributed by atoms with Crippen LogP contribution in [0.2, 0.25) is 0 Å². The molecule has 0 aliphatic rings. The van der Waals surface area contributed by atoms with Crippen LogP contribution in [0, 0.1) is 0 Å². The van der Waals surface area contributed by atoms with Crippen LogP contribution < -0.4 is 14.8 Å². The van der Waals surface area contributed by atoms with E-state index in [2.05, 4.69) is 60.7 Å². The van der Waals surface area contributed by atoms with Gasteiger partial charge in [0.25, 0.3) is 0 Å². The number of rotatable bonds is 10. The Labute approximate surface area is 196 Å². The second kappa shape index (κ2) is 11.1. The van der Waals surface area contributed by atoms with Crippen molar-refractivity contribution in [2.75, 3.05) is 25.6 Å². The molecule has 1 aromatic heterocycles. The van der Waals surface area contributed by atoms with Gasteiger partial charge in [0.15, 0.2) is 11.5 Å². The molecule has 33 heavy (non-hydrogen) atoms. The van der Waals surface area contributed by atoms with Gasteiger partial charge >= 0.3 is 0 Å².